The molecule has 98 valence electrons. The molecule has 1 amide bonds. The Morgan fingerprint density at radius 2 is 2.33 bits per heavy atom. The Bertz CT molecular complexity index is 459. The number of rotatable bonds is 4. The number of methoxy groups -OCH3 is 1. The van der Waals surface area contributed by atoms with Crippen LogP contribution in [0.2, 0.25) is 0 Å². The van der Waals surface area contributed by atoms with Gasteiger partial charge < -0.3 is 15.8 Å². The standard InChI is InChI=1S/C14H20N2O2/c1-16-14(9-13(15)17)7-3-4-10-5-6-11(18-2)8-12(10)14/h5-6,8,16H,3-4,7,9H2,1-2H3,(H2,15,17). The lowest BCUT2D eigenvalue weighted by atomic mass is 9.74. The molecule has 1 atom stereocenters. The number of hydrogen-bond donors (Lipinski definition) is 2. The molecule has 4 nitrogen and oxygen atoms in total. The third-order valence-corrected chi connectivity index (χ3v) is 3.84. The number of fused-ring (bicyclic) bond motifs is 1. The van der Waals surface area contributed by atoms with Gasteiger partial charge in [0, 0.05) is 6.42 Å². The van der Waals surface area contributed by atoms with Gasteiger partial charge in [-0.2, -0.15) is 0 Å². The van der Waals surface area contributed by atoms with Crippen molar-refractivity contribution < 1.29 is 9.53 Å². The van der Waals surface area contributed by atoms with E-state index in [1.165, 1.54) is 5.56 Å². The van der Waals surface area contributed by atoms with E-state index in [9.17, 15) is 4.79 Å². The number of hydrogen-bond acceptors (Lipinski definition) is 3. The number of nitrogens with two attached hydrogens (primary N) is 1. The van der Waals surface area contributed by atoms with Gasteiger partial charge in [-0.1, -0.05) is 6.07 Å². The van der Waals surface area contributed by atoms with Crippen molar-refractivity contribution >= 4 is 5.91 Å². The van der Waals surface area contributed by atoms with Crippen LogP contribution in [0.4, 0.5) is 0 Å². The van der Waals surface area contributed by atoms with Crippen molar-refractivity contribution in [1.29, 1.82) is 0 Å². The molecule has 4 heteroatoms. The molecule has 3 N–H and O–H groups in total. The van der Waals surface area contributed by atoms with E-state index in [0.717, 1.165) is 30.6 Å². The van der Waals surface area contributed by atoms with E-state index in [4.69, 9.17) is 10.5 Å². The maximum atomic E-state index is 11.3. The van der Waals surface area contributed by atoms with Crippen LogP contribution in [0.1, 0.15) is 30.4 Å². The van der Waals surface area contributed by atoms with Crippen molar-refractivity contribution in [1.82, 2.24) is 5.32 Å². The van der Waals surface area contributed by atoms with Crippen LogP contribution in [0.15, 0.2) is 18.2 Å². The molecule has 0 saturated heterocycles. The summed E-state index contributed by atoms with van der Waals surface area (Å²) in [5, 5.41) is 3.30. The molecule has 0 spiro atoms. The fourth-order valence-electron chi connectivity index (χ4n) is 2.89. The van der Waals surface area contributed by atoms with Crippen LogP contribution >= 0.6 is 0 Å². The highest BCUT2D eigenvalue weighted by molar-refractivity contribution is 5.75. The zero-order chi connectivity index (χ0) is 13.2. The highest BCUT2D eigenvalue weighted by Crippen LogP contribution is 2.39. The summed E-state index contributed by atoms with van der Waals surface area (Å²) < 4.78 is 5.28. The molecule has 0 bridgehead atoms. The average Bonchev–Trinajstić information content (AvgIpc) is 2.38. The summed E-state index contributed by atoms with van der Waals surface area (Å²) in [6.07, 6.45) is 3.35. The Balaban J connectivity index is 2.49. The van der Waals surface area contributed by atoms with E-state index in [1.807, 2.05) is 19.2 Å². The van der Waals surface area contributed by atoms with Gasteiger partial charge in [0.05, 0.1) is 12.6 Å². The van der Waals surface area contributed by atoms with Gasteiger partial charge in [0.2, 0.25) is 5.91 Å². The minimum absolute atomic E-state index is 0.278. The summed E-state index contributed by atoms with van der Waals surface area (Å²) in [5.74, 6) is 0.541. The Morgan fingerprint density at radius 1 is 1.56 bits per heavy atom. The van der Waals surface area contributed by atoms with E-state index in [-0.39, 0.29) is 11.4 Å². The first kappa shape index (κ1) is 12.9. The first-order valence-electron chi connectivity index (χ1n) is 6.26. The fraction of sp³-hybridized carbons (Fsp3) is 0.500. The van der Waals surface area contributed by atoms with Gasteiger partial charge in [0.25, 0.3) is 0 Å². The van der Waals surface area contributed by atoms with Crippen molar-refractivity contribution in [3.8, 4) is 5.75 Å². The lowest BCUT2D eigenvalue weighted by Gasteiger charge is -2.38. The molecule has 0 saturated carbocycles. The maximum absolute atomic E-state index is 11.3. The van der Waals surface area contributed by atoms with E-state index in [0.29, 0.717) is 6.42 Å². The molecule has 1 aliphatic carbocycles. The largest absolute Gasteiger partial charge is 0.497 e. The molecule has 0 aliphatic heterocycles. The molecule has 18 heavy (non-hydrogen) atoms. The lowest BCUT2D eigenvalue weighted by molar-refractivity contribution is -0.119. The highest BCUT2D eigenvalue weighted by atomic mass is 16.5. The predicted molar refractivity (Wildman–Crippen MR) is 70.5 cm³/mol. The number of amides is 1. The second kappa shape index (κ2) is 4.98. The van der Waals surface area contributed by atoms with E-state index >= 15 is 0 Å². The van der Waals surface area contributed by atoms with Crippen LogP contribution in [0.3, 0.4) is 0 Å². The van der Waals surface area contributed by atoms with Crippen molar-refractivity contribution in [2.75, 3.05) is 14.2 Å². The Hall–Kier alpha value is -1.55. The molecule has 1 aromatic rings. The van der Waals surface area contributed by atoms with Crippen LogP contribution in [-0.4, -0.2) is 20.1 Å². The zero-order valence-electron chi connectivity index (χ0n) is 11.0. The third kappa shape index (κ3) is 2.20. The quantitative estimate of drug-likeness (QED) is 0.844. The number of primary amides is 1. The fourth-order valence-corrected chi connectivity index (χ4v) is 2.89. The molecule has 0 aromatic heterocycles. The first-order chi connectivity index (χ1) is 8.61. The van der Waals surface area contributed by atoms with E-state index in [1.54, 1.807) is 7.11 Å². The van der Waals surface area contributed by atoms with Gasteiger partial charge in [0.15, 0.2) is 0 Å². The number of aryl methyl sites for hydroxylation is 1. The van der Waals surface area contributed by atoms with Gasteiger partial charge in [0.1, 0.15) is 5.75 Å². The van der Waals surface area contributed by atoms with Crippen LogP contribution in [0.5, 0.6) is 5.75 Å². The summed E-state index contributed by atoms with van der Waals surface area (Å²) in [5.41, 5.74) is 7.49. The summed E-state index contributed by atoms with van der Waals surface area (Å²) >= 11 is 0. The number of nitrogens with one attached hydrogen (secondary N) is 1. The van der Waals surface area contributed by atoms with E-state index in [2.05, 4.69) is 11.4 Å². The maximum Gasteiger partial charge on any atom is 0.219 e. The second-order valence-electron chi connectivity index (χ2n) is 4.85. The summed E-state index contributed by atoms with van der Waals surface area (Å²) in [7, 11) is 3.54. The summed E-state index contributed by atoms with van der Waals surface area (Å²) in [6, 6.07) is 6.07. The SMILES string of the molecule is CNC1(CC(N)=O)CCCc2ccc(OC)cc21. The molecule has 1 unspecified atom stereocenters. The number of carbonyl (C=O) groups is 1. The topological polar surface area (TPSA) is 64.3 Å². The normalized spacial score (nSPS) is 22.3. The van der Waals surface area contributed by atoms with Crippen molar-refractivity contribution in [3.63, 3.8) is 0 Å². The third-order valence-electron chi connectivity index (χ3n) is 3.84. The Morgan fingerprint density at radius 3 is 2.94 bits per heavy atom. The second-order valence-corrected chi connectivity index (χ2v) is 4.85. The van der Waals surface area contributed by atoms with Crippen LogP contribution in [-0.2, 0) is 16.8 Å². The molecule has 2 rings (SSSR count). The smallest absolute Gasteiger partial charge is 0.219 e. The number of ether oxygens (including phenoxy) is 1. The van der Waals surface area contributed by atoms with Crippen LogP contribution in [0, 0.1) is 0 Å². The predicted octanol–water partition coefficient (Wildman–Crippen LogP) is 1.32. The highest BCUT2D eigenvalue weighted by Gasteiger charge is 2.36. The summed E-state index contributed by atoms with van der Waals surface area (Å²) in [6.45, 7) is 0. The molecule has 0 fully saturated rings. The monoisotopic (exact) mass is 248 g/mol. The van der Waals surface area contributed by atoms with Crippen molar-refractivity contribution in [2.24, 2.45) is 5.73 Å². The molecule has 1 aromatic carbocycles. The first-order valence-corrected chi connectivity index (χ1v) is 6.26. The Labute approximate surface area is 108 Å². The van der Waals surface area contributed by atoms with Gasteiger partial charge in [-0.3, -0.25) is 4.79 Å². The van der Waals surface area contributed by atoms with Gasteiger partial charge in [-0.25, -0.2) is 0 Å². The van der Waals surface area contributed by atoms with Gasteiger partial charge in [-0.15, -0.1) is 0 Å². The summed E-state index contributed by atoms with van der Waals surface area (Å²) in [4.78, 5) is 11.3. The van der Waals surface area contributed by atoms with Crippen molar-refractivity contribution in [3.05, 3.63) is 29.3 Å². The lowest BCUT2D eigenvalue weighted by Crippen LogP contribution is -2.45. The molecule has 0 radical (unpaired) electrons. The molecule has 0 heterocycles. The zero-order valence-corrected chi connectivity index (χ0v) is 11.0. The van der Waals surface area contributed by atoms with Crippen LogP contribution in [0.25, 0.3) is 0 Å². The Kier molecular flexibility index (Phi) is 3.57. The van der Waals surface area contributed by atoms with Gasteiger partial charge in [-0.05, 0) is 49.6 Å². The van der Waals surface area contributed by atoms with Crippen molar-refractivity contribution in [2.45, 2.75) is 31.2 Å². The number of benzene rings is 1. The van der Waals surface area contributed by atoms with Gasteiger partial charge >= 0.3 is 0 Å². The number of carbonyl (C=O) groups excluding carboxylic acids is 1. The molecule has 1 aliphatic rings. The average molecular weight is 248 g/mol. The minimum Gasteiger partial charge on any atom is -0.497 e. The molecular formula is C14H20N2O2. The van der Waals surface area contributed by atoms with Crippen LogP contribution < -0.4 is 15.8 Å². The minimum atomic E-state index is -0.339. The van der Waals surface area contributed by atoms with E-state index < -0.39 is 0 Å². The molecular weight excluding hydrogens is 228 g/mol.